The first kappa shape index (κ1) is 12.7. The number of hydrogen-bond donors (Lipinski definition) is 1. The zero-order valence-corrected chi connectivity index (χ0v) is 11.9. The molecule has 0 fully saturated rings. The van der Waals surface area contributed by atoms with Crippen LogP contribution in [0, 0.1) is 0 Å². The highest BCUT2D eigenvalue weighted by Crippen LogP contribution is 2.38. The van der Waals surface area contributed by atoms with Crippen molar-refractivity contribution in [2.24, 2.45) is 0 Å². The lowest BCUT2D eigenvalue weighted by Gasteiger charge is -2.06. The van der Waals surface area contributed by atoms with Gasteiger partial charge in [0.25, 0.3) is 0 Å². The molecule has 1 heterocycles. The van der Waals surface area contributed by atoms with Gasteiger partial charge in [0.05, 0.1) is 10.4 Å². The highest BCUT2D eigenvalue weighted by atomic mass is 32.1. The van der Waals surface area contributed by atoms with Crippen LogP contribution >= 0.6 is 11.3 Å². The minimum atomic E-state index is 0.856. The van der Waals surface area contributed by atoms with Gasteiger partial charge in [-0.25, -0.2) is 0 Å². The summed E-state index contributed by atoms with van der Waals surface area (Å²) in [6, 6.07) is 14.8. The number of fused-ring (bicyclic) bond motifs is 3. The van der Waals surface area contributed by atoms with E-state index in [-0.39, 0.29) is 0 Å². The zero-order valence-electron chi connectivity index (χ0n) is 11.1. The maximum atomic E-state index is 4.01. The lowest BCUT2D eigenvalue weighted by atomic mass is 10.1. The van der Waals surface area contributed by atoms with E-state index in [0.717, 1.165) is 11.4 Å². The number of thiophene rings is 1. The molecule has 0 radical (unpaired) electrons. The fourth-order valence-corrected chi connectivity index (χ4v) is 3.42. The van der Waals surface area contributed by atoms with Gasteiger partial charge in [-0.3, -0.25) is 0 Å². The standard InChI is InChI=1S/C18H15NS/c1-3-4-8-13(2)19-16-11-7-10-15-14-9-5-6-12-17(14)20-18(15)16/h3-12,19H,1-2H2/b8-4-. The summed E-state index contributed by atoms with van der Waals surface area (Å²) in [5, 5.41) is 5.96. The van der Waals surface area contributed by atoms with Gasteiger partial charge in [-0.1, -0.05) is 55.6 Å². The molecule has 0 saturated carbocycles. The van der Waals surface area contributed by atoms with Crippen LogP contribution in [-0.2, 0) is 0 Å². The topological polar surface area (TPSA) is 12.0 Å². The number of hydrogen-bond acceptors (Lipinski definition) is 2. The molecule has 0 spiro atoms. The Bertz CT molecular complexity index is 824. The van der Waals surface area contributed by atoms with Crippen molar-refractivity contribution in [1.29, 1.82) is 0 Å². The van der Waals surface area contributed by atoms with Gasteiger partial charge in [0.2, 0.25) is 0 Å². The maximum Gasteiger partial charge on any atom is 0.0590 e. The Hall–Kier alpha value is -2.32. The summed E-state index contributed by atoms with van der Waals surface area (Å²) in [5.41, 5.74) is 1.96. The monoisotopic (exact) mass is 277 g/mol. The maximum absolute atomic E-state index is 4.01. The third-order valence-corrected chi connectivity index (χ3v) is 4.35. The van der Waals surface area contributed by atoms with Crippen molar-refractivity contribution >= 4 is 37.2 Å². The molecule has 0 aliphatic heterocycles. The van der Waals surface area contributed by atoms with Gasteiger partial charge in [-0.05, 0) is 18.2 Å². The van der Waals surface area contributed by atoms with Crippen LogP contribution in [0.25, 0.3) is 20.2 Å². The highest BCUT2D eigenvalue weighted by Gasteiger charge is 2.07. The predicted molar refractivity (Wildman–Crippen MR) is 91.4 cm³/mol. The molecule has 0 amide bonds. The summed E-state index contributed by atoms with van der Waals surface area (Å²) < 4.78 is 2.57. The summed E-state index contributed by atoms with van der Waals surface area (Å²) in [7, 11) is 0. The van der Waals surface area contributed by atoms with Crippen LogP contribution in [0.1, 0.15) is 0 Å². The summed E-state index contributed by atoms with van der Waals surface area (Å²) in [6.45, 7) is 7.67. The van der Waals surface area contributed by atoms with E-state index in [1.165, 1.54) is 20.2 Å². The van der Waals surface area contributed by atoms with E-state index < -0.39 is 0 Å². The van der Waals surface area contributed by atoms with Crippen molar-refractivity contribution in [2.75, 3.05) is 5.32 Å². The van der Waals surface area contributed by atoms with Crippen molar-refractivity contribution < 1.29 is 0 Å². The molecule has 0 bridgehead atoms. The smallest absolute Gasteiger partial charge is 0.0590 e. The molecule has 1 aromatic heterocycles. The van der Waals surface area contributed by atoms with Crippen molar-refractivity contribution in [3.8, 4) is 0 Å². The largest absolute Gasteiger partial charge is 0.355 e. The Kier molecular flexibility index (Phi) is 3.40. The van der Waals surface area contributed by atoms with Gasteiger partial charge in [0.15, 0.2) is 0 Å². The summed E-state index contributed by atoms with van der Waals surface area (Å²) >= 11 is 1.81. The molecule has 20 heavy (non-hydrogen) atoms. The van der Waals surface area contributed by atoms with E-state index in [1.54, 1.807) is 17.4 Å². The first-order valence-corrected chi connectivity index (χ1v) is 7.26. The highest BCUT2D eigenvalue weighted by molar-refractivity contribution is 7.26. The number of benzene rings is 2. The van der Waals surface area contributed by atoms with Gasteiger partial charge in [-0.2, -0.15) is 0 Å². The molecule has 98 valence electrons. The van der Waals surface area contributed by atoms with E-state index in [2.05, 4.69) is 60.9 Å². The molecule has 0 aliphatic carbocycles. The Morgan fingerprint density at radius 2 is 1.85 bits per heavy atom. The Morgan fingerprint density at radius 1 is 1.05 bits per heavy atom. The molecule has 2 aromatic carbocycles. The van der Waals surface area contributed by atoms with Crippen molar-refractivity contribution in [1.82, 2.24) is 0 Å². The number of anilines is 1. The molecule has 3 aromatic rings. The normalized spacial score (nSPS) is 11.2. The minimum Gasteiger partial charge on any atom is -0.355 e. The lowest BCUT2D eigenvalue weighted by molar-refractivity contribution is 1.53. The van der Waals surface area contributed by atoms with Crippen LogP contribution in [0.2, 0.25) is 0 Å². The zero-order chi connectivity index (χ0) is 13.9. The van der Waals surface area contributed by atoms with Crippen LogP contribution in [0.4, 0.5) is 5.69 Å². The first-order valence-electron chi connectivity index (χ1n) is 6.45. The lowest BCUT2D eigenvalue weighted by Crippen LogP contribution is -1.94. The second-order valence-corrected chi connectivity index (χ2v) is 5.58. The number of rotatable bonds is 4. The summed E-state index contributed by atoms with van der Waals surface area (Å²) in [4.78, 5) is 0. The molecule has 1 nitrogen and oxygen atoms in total. The van der Waals surface area contributed by atoms with Crippen LogP contribution < -0.4 is 5.32 Å². The molecule has 0 aliphatic rings. The summed E-state index contributed by atoms with van der Waals surface area (Å²) in [6.07, 6.45) is 5.53. The molecule has 0 atom stereocenters. The van der Waals surface area contributed by atoms with Crippen molar-refractivity contribution in [2.45, 2.75) is 0 Å². The van der Waals surface area contributed by atoms with E-state index >= 15 is 0 Å². The van der Waals surface area contributed by atoms with Crippen LogP contribution in [-0.4, -0.2) is 0 Å². The second-order valence-electron chi connectivity index (χ2n) is 4.53. The first-order chi connectivity index (χ1) is 9.79. The van der Waals surface area contributed by atoms with Crippen molar-refractivity contribution in [3.05, 3.63) is 79.5 Å². The van der Waals surface area contributed by atoms with Gasteiger partial charge < -0.3 is 5.32 Å². The Balaban J connectivity index is 2.10. The van der Waals surface area contributed by atoms with E-state index in [9.17, 15) is 0 Å². The SMILES string of the molecule is C=C/C=C\C(=C)Nc1cccc2c1sc1ccccc12. The molecule has 0 unspecified atom stereocenters. The average Bonchev–Trinajstić information content (AvgIpc) is 2.85. The number of nitrogens with one attached hydrogen (secondary N) is 1. The quantitative estimate of drug-likeness (QED) is 0.601. The molecular weight excluding hydrogens is 262 g/mol. The van der Waals surface area contributed by atoms with Gasteiger partial charge >= 0.3 is 0 Å². The van der Waals surface area contributed by atoms with Gasteiger partial charge in [0, 0.05) is 21.2 Å². The third kappa shape index (κ3) is 2.26. The average molecular weight is 277 g/mol. The fourth-order valence-electron chi connectivity index (χ4n) is 2.24. The summed E-state index contributed by atoms with van der Waals surface area (Å²) in [5.74, 6) is 0. The van der Waals surface area contributed by atoms with Crippen molar-refractivity contribution in [3.63, 3.8) is 0 Å². The van der Waals surface area contributed by atoms with Gasteiger partial charge in [-0.15, -0.1) is 11.3 Å². The number of allylic oxidation sites excluding steroid dienone is 3. The second kappa shape index (κ2) is 5.35. The predicted octanol–water partition coefficient (Wildman–Crippen LogP) is 5.72. The Morgan fingerprint density at radius 3 is 2.70 bits per heavy atom. The van der Waals surface area contributed by atoms with E-state index in [0.29, 0.717) is 0 Å². The van der Waals surface area contributed by atoms with E-state index in [1.807, 2.05) is 12.2 Å². The van der Waals surface area contributed by atoms with Gasteiger partial charge in [0.1, 0.15) is 0 Å². The molecule has 1 N–H and O–H groups in total. The van der Waals surface area contributed by atoms with Crippen LogP contribution in [0.5, 0.6) is 0 Å². The molecule has 0 saturated heterocycles. The molecule has 3 rings (SSSR count). The van der Waals surface area contributed by atoms with Crippen LogP contribution in [0.3, 0.4) is 0 Å². The fraction of sp³-hybridized carbons (Fsp3) is 0. The van der Waals surface area contributed by atoms with E-state index in [4.69, 9.17) is 0 Å². The van der Waals surface area contributed by atoms with Crippen LogP contribution in [0.15, 0.2) is 79.5 Å². The Labute approximate surface area is 122 Å². The minimum absolute atomic E-state index is 0.856. The molecule has 2 heteroatoms. The third-order valence-electron chi connectivity index (χ3n) is 3.13. The molecular formula is C18H15NS.